The van der Waals surface area contributed by atoms with Gasteiger partial charge in [0.15, 0.2) is 5.69 Å². The van der Waals surface area contributed by atoms with Crippen molar-refractivity contribution in [3.8, 4) is 5.69 Å². The summed E-state index contributed by atoms with van der Waals surface area (Å²) in [5, 5.41) is 11.2. The minimum absolute atomic E-state index is 0.0178. The van der Waals surface area contributed by atoms with Crippen LogP contribution in [-0.2, 0) is 22.2 Å². The van der Waals surface area contributed by atoms with Crippen LogP contribution < -0.4 is 10.6 Å². The fourth-order valence-corrected chi connectivity index (χ4v) is 6.26. The number of aromatic nitrogens is 2. The molecule has 13 heteroatoms. The minimum Gasteiger partial charge on any atom is -0.444 e. The molecule has 0 spiro atoms. The number of alkyl carbamates (subject to hydrolysis) is 1. The number of amides is 3. The number of benzene rings is 4. The third kappa shape index (κ3) is 10.3. The molecule has 6 rings (SSSR count). The molecule has 1 aromatic heterocycles. The zero-order valence-electron chi connectivity index (χ0n) is 32.2. The predicted molar refractivity (Wildman–Crippen MR) is 207 cm³/mol. The lowest BCUT2D eigenvalue weighted by Crippen LogP contribution is -2.41. The van der Waals surface area contributed by atoms with Crippen molar-refractivity contribution >= 4 is 34.6 Å². The highest BCUT2D eigenvalue weighted by atomic mass is 19.4. The normalized spacial score (nSPS) is 13.9. The topological polar surface area (TPSA) is 115 Å². The molecule has 1 fully saturated rings. The van der Waals surface area contributed by atoms with Crippen LogP contribution in [0.2, 0.25) is 0 Å². The Morgan fingerprint density at radius 1 is 0.804 bits per heavy atom. The molecule has 3 amide bonds. The van der Waals surface area contributed by atoms with Gasteiger partial charge < -0.3 is 20.1 Å². The highest BCUT2D eigenvalue weighted by molar-refractivity contribution is 6.03. The van der Waals surface area contributed by atoms with Gasteiger partial charge in [-0.2, -0.15) is 18.3 Å². The number of rotatable bonds is 10. The molecule has 0 radical (unpaired) electrons. The molecule has 0 bridgehead atoms. The molecule has 1 aliphatic rings. The number of ether oxygens (including phenoxy) is 2. The number of alkyl halides is 3. The summed E-state index contributed by atoms with van der Waals surface area (Å²) in [5.41, 5.74) is -0.591. The zero-order chi connectivity index (χ0) is 40.4. The fraction of sp³-hybridized carbons (Fsp3) is 0.349. The van der Waals surface area contributed by atoms with Gasteiger partial charge in [-0.05, 0) is 118 Å². The van der Waals surface area contributed by atoms with Crippen molar-refractivity contribution in [1.29, 1.82) is 0 Å². The number of anilines is 1. The van der Waals surface area contributed by atoms with Crippen molar-refractivity contribution in [3.05, 3.63) is 125 Å². The first-order chi connectivity index (χ1) is 26.3. The van der Waals surface area contributed by atoms with Crippen LogP contribution in [0.15, 0.2) is 97.1 Å². The maximum absolute atomic E-state index is 14.0. The Hall–Kier alpha value is -5.85. The largest absolute Gasteiger partial charge is 0.444 e. The third-order valence-electron chi connectivity index (χ3n) is 8.86. The zero-order valence-corrected chi connectivity index (χ0v) is 32.2. The standard InChI is InChI=1S/C43H46F3N5O5/c1-41(2,3)55-39(53)47-25-28-11-9-16-34(21-28)51-35(24-36(49-51)43(44,45)46)38(52)48-33-15-10-14-31(23-33)37(32-20-19-29-12-7-8-13-30(29)22-32)50(26-27-17-18-27)40(54)56-42(4,5)6/h7-16,19-24,27,37H,17-18,25-26H2,1-6H3,(H,47,53)(H,48,52). The molecule has 0 aliphatic heterocycles. The molecular weight excluding hydrogens is 723 g/mol. The number of nitrogens with one attached hydrogen (secondary N) is 2. The highest BCUT2D eigenvalue weighted by Gasteiger charge is 2.37. The van der Waals surface area contributed by atoms with Gasteiger partial charge in [0, 0.05) is 24.8 Å². The van der Waals surface area contributed by atoms with E-state index in [1.54, 1.807) is 56.0 Å². The SMILES string of the molecule is CC(C)(C)OC(=O)NCc1cccc(-n2nc(C(F)(F)F)cc2C(=O)Nc2cccc(C(c3ccc4ccccc4c3)N(CC3CC3)C(=O)OC(C)(C)C)c2)c1. The maximum atomic E-state index is 14.0. The van der Waals surface area contributed by atoms with E-state index in [4.69, 9.17) is 9.47 Å². The first kappa shape index (κ1) is 39.8. The van der Waals surface area contributed by atoms with Crippen molar-refractivity contribution in [2.24, 2.45) is 5.92 Å². The number of carbonyl (C=O) groups is 3. The monoisotopic (exact) mass is 769 g/mol. The lowest BCUT2D eigenvalue weighted by Gasteiger charge is -2.34. The summed E-state index contributed by atoms with van der Waals surface area (Å²) in [5.74, 6) is -0.533. The van der Waals surface area contributed by atoms with E-state index in [1.807, 2.05) is 69.3 Å². The maximum Gasteiger partial charge on any atom is 0.435 e. The first-order valence-corrected chi connectivity index (χ1v) is 18.5. The smallest absolute Gasteiger partial charge is 0.435 e. The van der Waals surface area contributed by atoms with E-state index in [9.17, 15) is 27.6 Å². The van der Waals surface area contributed by atoms with Crippen LogP contribution in [0, 0.1) is 5.92 Å². The summed E-state index contributed by atoms with van der Waals surface area (Å²) in [6.07, 6.45) is -4.01. The molecular formula is C43H46F3N5O5. The van der Waals surface area contributed by atoms with E-state index in [-0.39, 0.29) is 17.9 Å². The van der Waals surface area contributed by atoms with Crippen molar-refractivity contribution in [1.82, 2.24) is 20.0 Å². The molecule has 294 valence electrons. The molecule has 1 saturated carbocycles. The van der Waals surface area contributed by atoms with Crippen LogP contribution in [0.4, 0.5) is 28.4 Å². The first-order valence-electron chi connectivity index (χ1n) is 18.5. The molecule has 1 atom stereocenters. The van der Waals surface area contributed by atoms with Gasteiger partial charge in [-0.15, -0.1) is 0 Å². The highest BCUT2D eigenvalue weighted by Crippen LogP contribution is 2.38. The number of carbonyl (C=O) groups excluding carboxylic acids is 3. The molecule has 1 heterocycles. The Labute approximate surface area is 324 Å². The molecule has 1 aliphatic carbocycles. The van der Waals surface area contributed by atoms with Crippen LogP contribution in [0.5, 0.6) is 0 Å². The van der Waals surface area contributed by atoms with Gasteiger partial charge in [-0.3, -0.25) is 9.69 Å². The Morgan fingerprint density at radius 2 is 1.48 bits per heavy atom. The van der Waals surface area contributed by atoms with Gasteiger partial charge in [0.2, 0.25) is 0 Å². The van der Waals surface area contributed by atoms with E-state index in [2.05, 4.69) is 15.7 Å². The van der Waals surface area contributed by atoms with Crippen molar-refractivity contribution in [2.75, 3.05) is 11.9 Å². The van der Waals surface area contributed by atoms with Crippen molar-refractivity contribution < 1.29 is 37.0 Å². The van der Waals surface area contributed by atoms with E-state index in [1.165, 1.54) is 12.1 Å². The average molecular weight is 770 g/mol. The average Bonchev–Trinajstić information content (AvgIpc) is 3.81. The number of halogens is 3. The van der Waals surface area contributed by atoms with Gasteiger partial charge in [-0.1, -0.05) is 60.7 Å². The number of hydrogen-bond acceptors (Lipinski definition) is 6. The van der Waals surface area contributed by atoms with Crippen LogP contribution in [0.3, 0.4) is 0 Å². The molecule has 10 nitrogen and oxygen atoms in total. The van der Waals surface area contributed by atoms with Crippen molar-refractivity contribution in [3.63, 3.8) is 0 Å². The van der Waals surface area contributed by atoms with Crippen LogP contribution in [-0.4, -0.2) is 50.5 Å². The quantitative estimate of drug-likeness (QED) is 0.146. The molecule has 4 aromatic carbocycles. The Kier molecular flexibility index (Phi) is 11.2. The Bertz CT molecular complexity index is 2230. The second-order valence-corrected chi connectivity index (χ2v) is 16.0. The third-order valence-corrected chi connectivity index (χ3v) is 8.86. The predicted octanol–water partition coefficient (Wildman–Crippen LogP) is 10.1. The summed E-state index contributed by atoms with van der Waals surface area (Å²) >= 11 is 0. The number of fused-ring (bicyclic) bond motifs is 1. The summed E-state index contributed by atoms with van der Waals surface area (Å²) < 4.78 is 54.2. The van der Waals surface area contributed by atoms with Gasteiger partial charge in [0.05, 0.1) is 11.7 Å². The summed E-state index contributed by atoms with van der Waals surface area (Å²) in [6, 6.07) is 27.2. The fourth-order valence-electron chi connectivity index (χ4n) is 6.26. The molecule has 56 heavy (non-hydrogen) atoms. The van der Waals surface area contributed by atoms with Gasteiger partial charge in [-0.25, -0.2) is 14.3 Å². The van der Waals surface area contributed by atoms with E-state index in [0.29, 0.717) is 35.3 Å². The second kappa shape index (κ2) is 15.7. The lowest BCUT2D eigenvalue weighted by molar-refractivity contribution is -0.141. The number of hydrogen-bond donors (Lipinski definition) is 2. The molecule has 1 unspecified atom stereocenters. The lowest BCUT2D eigenvalue weighted by atomic mass is 9.94. The summed E-state index contributed by atoms with van der Waals surface area (Å²) in [6.45, 7) is 11.1. The van der Waals surface area contributed by atoms with Crippen molar-refractivity contribution in [2.45, 2.75) is 84.3 Å². The van der Waals surface area contributed by atoms with E-state index in [0.717, 1.165) is 33.9 Å². The van der Waals surface area contributed by atoms with Gasteiger partial charge in [0.1, 0.15) is 16.9 Å². The molecule has 0 saturated heterocycles. The van der Waals surface area contributed by atoms with Crippen LogP contribution in [0.1, 0.15) is 93.3 Å². The van der Waals surface area contributed by atoms with E-state index < -0.39 is 47.2 Å². The van der Waals surface area contributed by atoms with E-state index >= 15 is 0 Å². The Morgan fingerprint density at radius 3 is 2.16 bits per heavy atom. The Balaban J connectivity index is 1.34. The van der Waals surface area contributed by atoms with Crippen LogP contribution >= 0.6 is 0 Å². The molecule has 2 N–H and O–H groups in total. The number of nitrogens with zero attached hydrogens (tertiary/aromatic N) is 3. The summed E-state index contributed by atoms with van der Waals surface area (Å²) in [7, 11) is 0. The minimum atomic E-state index is -4.84. The second-order valence-electron chi connectivity index (χ2n) is 16.0. The van der Waals surface area contributed by atoms with Gasteiger partial charge >= 0.3 is 18.4 Å². The summed E-state index contributed by atoms with van der Waals surface area (Å²) in [4.78, 5) is 41.8. The van der Waals surface area contributed by atoms with Crippen LogP contribution in [0.25, 0.3) is 16.5 Å². The van der Waals surface area contributed by atoms with Gasteiger partial charge in [0.25, 0.3) is 5.91 Å². The molecule has 5 aromatic rings.